The minimum Gasteiger partial charge on any atom is -0.465 e. The van der Waals surface area contributed by atoms with Gasteiger partial charge in [0.05, 0.1) is 6.61 Å². The molecule has 0 saturated carbocycles. The van der Waals surface area contributed by atoms with Gasteiger partial charge in [-0.1, -0.05) is 36.4 Å². The average Bonchev–Trinajstić information content (AvgIpc) is 2.61. The second kappa shape index (κ2) is 8.82. The van der Waals surface area contributed by atoms with Crippen molar-refractivity contribution < 1.29 is 33.4 Å². The van der Waals surface area contributed by atoms with Gasteiger partial charge in [-0.25, -0.2) is 9.88 Å². The predicted molar refractivity (Wildman–Crippen MR) is 93.6 cm³/mol. The topological polar surface area (TPSA) is 114 Å². The summed E-state index contributed by atoms with van der Waals surface area (Å²) in [5.41, 5.74) is -2.61. The van der Waals surface area contributed by atoms with E-state index in [1.54, 1.807) is 43.3 Å². The van der Waals surface area contributed by atoms with E-state index in [2.05, 4.69) is 5.32 Å². The van der Waals surface area contributed by atoms with Gasteiger partial charge in [-0.15, -0.1) is 0 Å². The van der Waals surface area contributed by atoms with Crippen LogP contribution in [0.25, 0.3) is 0 Å². The van der Waals surface area contributed by atoms with Crippen LogP contribution in [0, 0.1) is 0 Å². The Morgan fingerprint density at radius 1 is 1.00 bits per heavy atom. The summed E-state index contributed by atoms with van der Waals surface area (Å²) >= 11 is 0. The summed E-state index contributed by atoms with van der Waals surface area (Å²) in [6, 6.07) is 16.0. The Hall–Kier alpha value is -2.38. The summed E-state index contributed by atoms with van der Waals surface area (Å²) in [6.45, 7) is 1.22. The molecule has 2 rings (SSSR count). The Labute approximate surface area is 150 Å². The standard InChI is InChI=1S/C17H20NO7P/c1-2-23-16(19)13-18-17(26(20,21)22,24-14-9-5-3-6-10-14)25-15-11-7-4-8-12-15/h3-12,18H,2,13H2,1H3,(H2,20,21,22). The van der Waals surface area contributed by atoms with E-state index in [0.29, 0.717) is 0 Å². The third-order valence-corrected chi connectivity index (χ3v) is 4.25. The van der Waals surface area contributed by atoms with Gasteiger partial charge in [-0.3, -0.25) is 4.79 Å². The average molecular weight is 381 g/mol. The van der Waals surface area contributed by atoms with Crippen molar-refractivity contribution in [1.29, 1.82) is 0 Å². The first kappa shape index (κ1) is 19.9. The summed E-state index contributed by atoms with van der Waals surface area (Å²) < 4.78 is 28.0. The van der Waals surface area contributed by atoms with E-state index in [1.807, 2.05) is 0 Å². The van der Waals surface area contributed by atoms with Gasteiger partial charge in [0.15, 0.2) is 0 Å². The molecule has 0 aromatic heterocycles. The second-order valence-corrected chi connectivity index (χ2v) is 6.79. The molecule has 3 N–H and O–H groups in total. The van der Waals surface area contributed by atoms with Gasteiger partial charge >= 0.3 is 19.2 Å². The van der Waals surface area contributed by atoms with Crippen LogP contribution in [-0.2, 0) is 14.1 Å². The van der Waals surface area contributed by atoms with Crippen LogP contribution in [0.2, 0.25) is 0 Å². The maximum absolute atomic E-state index is 12.3. The Bertz CT molecular complexity index is 707. The summed E-state index contributed by atoms with van der Waals surface area (Å²) in [6.07, 6.45) is 0. The third kappa shape index (κ3) is 5.31. The van der Waals surface area contributed by atoms with E-state index < -0.39 is 25.8 Å². The molecule has 0 amide bonds. The molecule has 0 aliphatic carbocycles. The van der Waals surface area contributed by atoms with E-state index >= 15 is 0 Å². The number of benzene rings is 2. The van der Waals surface area contributed by atoms with Crippen molar-refractivity contribution in [2.45, 2.75) is 12.6 Å². The molecule has 0 heterocycles. The Morgan fingerprint density at radius 2 is 1.46 bits per heavy atom. The molecule has 0 radical (unpaired) electrons. The number of rotatable bonds is 9. The monoisotopic (exact) mass is 381 g/mol. The van der Waals surface area contributed by atoms with E-state index in [1.165, 1.54) is 24.3 Å². The maximum atomic E-state index is 12.3. The first-order valence-corrected chi connectivity index (χ1v) is 9.42. The summed E-state index contributed by atoms with van der Waals surface area (Å²) in [7, 11) is -5.08. The lowest BCUT2D eigenvalue weighted by Gasteiger charge is -2.34. The maximum Gasteiger partial charge on any atom is 0.428 e. The van der Waals surface area contributed by atoms with Gasteiger partial charge in [0.2, 0.25) is 0 Å². The van der Waals surface area contributed by atoms with Crippen LogP contribution in [0.1, 0.15) is 6.92 Å². The Kier molecular flexibility index (Phi) is 6.76. The molecule has 9 heteroatoms. The molecule has 0 bridgehead atoms. The van der Waals surface area contributed by atoms with Crippen molar-refractivity contribution in [3.63, 3.8) is 0 Å². The van der Waals surface area contributed by atoms with E-state index in [9.17, 15) is 19.1 Å². The molecule has 8 nitrogen and oxygen atoms in total. The molecule has 0 unspecified atom stereocenters. The zero-order valence-electron chi connectivity index (χ0n) is 14.1. The first-order chi connectivity index (χ1) is 12.4. The molecule has 2 aromatic rings. The number of hydrogen-bond donors (Lipinski definition) is 3. The fraction of sp³-hybridized carbons (Fsp3) is 0.235. The zero-order chi connectivity index (χ0) is 19.0. The SMILES string of the molecule is CCOC(=O)CNC(Oc1ccccc1)(Oc1ccccc1)P(=O)(O)O. The van der Waals surface area contributed by atoms with Crippen LogP contribution in [0.15, 0.2) is 60.7 Å². The molecule has 26 heavy (non-hydrogen) atoms. The lowest BCUT2D eigenvalue weighted by Crippen LogP contribution is -2.56. The van der Waals surface area contributed by atoms with E-state index in [-0.39, 0.29) is 18.1 Å². The highest BCUT2D eigenvalue weighted by molar-refractivity contribution is 7.53. The minimum atomic E-state index is -5.08. The van der Waals surface area contributed by atoms with Crippen LogP contribution in [-0.4, -0.2) is 34.6 Å². The number of carbonyl (C=O) groups excluding carboxylic acids is 1. The molecule has 0 spiro atoms. The van der Waals surface area contributed by atoms with E-state index in [4.69, 9.17) is 14.2 Å². The largest absolute Gasteiger partial charge is 0.465 e. The quantitative estimate of drug-likeness (QED) is 0.344. The lowest BCUT2D eigenvalue weighted by molar-refractivity contribution is -0.146. The fourth-order valence-corrected chi connectivity index (χ4v) is 2.74. The van der Waals surface area contributed by atoms with Crippen LogP contribution in [0.4, 0.5) is 0 Å². The highest BCUT2D eigenvalue weighted by atomic mass is 31.2. The van der Waals surface area contributed by atoms with Crippen LogP contribution < -0.4 is 14.8 Å². The molecule has 0 saturated heterocycles. The molecule has 0 atom stereocenters. The normalized spacial score (nSPS) is 11.7. The number of esters is 1. The zero-order valence-corrected chi connectivity index (χ0v) is 15.0. The highest BCUT2D eigenvalue weighted by Crippen LogP contribution is 2.50. The number of nitrogens with one attached hydrogen (secondary N) is 1. The van der Waals surface area contributed by atoms with Crippen LogP contribution in [0.3, 0.4) is 0 Å². The smallest absolute Gasteiger partial charge is 0.428 e. The Morgan fingerprint density at radius 3 is 1.85 bits per heavy atom. The molecule has 2 aromatic carbocycles. The van der Waals surface area contributed by atoms with Gasteiger partial charge in [-0.2, -0.15) is 0 Å². The summed E-state index contributed by atoms with van der Waals surface area (Å²) in [5.74, 6) is -0.426. The van der Waals surface area contributed by atoms with Crippen molar-refractivity contribution >= 4 is 13.6 Å². The Balaban J connectivity index is 2.37. The van der Waals surface area contributed by atoms with Crippen LogP contribution >= 0.6 is 7.60 Å². The number of hydrogen-bond acceptors (Lipinski definition) is 6. The predicted octanol–water partition coefficient (Wildman–Crippen LogP) is 2.09. The van der Waals surface area contributed by atoms with Gasteiger partial charge in [0.1, 0.15) is 18.0 Å². The van der Waals surface area contributed by atoms with Crippen LogP contribution in [0.5, 0.6) is 11.5 Å². The van der Waals surface area contributed by atoms with Crippen molar-refractivity contribution in [2.24, 2.45) is 0 Å². The fourth-order valence-electron chi connectivity index (χ4n) is 2.01. The first-order valence-electron chi connectivity index (χ1n) is 7.81. The third-order valence-electron chi connectivity index (χ3n) is 3.14. The molecular weight excluding hydrogens is 361 g/mol. The molecule has 0 fully saturated rings. The number of para-hydroxylation sites is 2. The van der Waals surface area contributed by atoms with Gasteiger partial charge in [0, 0.05) is 0 Å². The van der Waals surface area contributed by atoms with Crippen molar-refractivity contribution in [1.82, 2.24) is 5.32 Å². The van der Waals surface area contributed by atoms with Gasteiger partial charge in [0.25, 0.3) is 0 Å². The lowest BCUT2D eigenvalue weighted by atomic mass is 10.3. The molecular formula is C17H20NO7P. The second-order valence-electron chi connectivity index (χ2n) is 5.11. The number of ether oxygens (including phenoxy) is 3. The van der Waals surface area contributed by atoms with Crippen molar-refractivity contribution in [3.05, 3.63) is 60.7 Å². The van der Waals surface area contributed by atoms with Gasteiger partial charge < -0.3 is 24.0 Å². The van der Waals surface area contributed by atoms with Crippen molar-refractivity contribution in [2.75, 3.05) is 13.2 Å². The summed E-state index contributed by atoms with van der Waals surface area (Å²) in [4.78, 5) is 31.6. The number of carbonyl (C=O) groups is 1. The molecule has 0 aliphatic rings. The van der Waals surface area contributed by atoms with E-state index in [0.717, 1.165) is 0 Å². The summed E-state index contributed by atoms with van der Waals surface area (Å²) in [5, 5.41) is 2.37. The van der Waals surface area contributed by atoms with Gasteiger partial charge in [-0.05, 0) is 31.2 Å². The molecule has 0 aliphatic heterocycles. The van der Waals surface area contributed by atoms with Crippen molar-refractivity contribution in [3.8, 4) is 11.5 Å². The molecule has 140 valence electrons. The minimum absolute atomic E-state index is 0.127. The highest BCUT2D eigenvalue weighted by Gasteiger charge is 2.54.